The van der Waals surface area contributed by atoms with Crippen molar-refractivity contribution in [2.75, 3.05) is 32.8 Å². The third-order valence-electron chi connectivity index (χ3n) is 2.22. The summed E-state index contributed by atoms with van der Waals surface area (Å²) in [6.07, 6.45) is 3.28. The van der Waals surface area contributed by atoms with Gasteiger partial charge in [0.15, 0.2) is 0 Å². The maximum absolute atomic E-state index is 11.6. The Kier molecular flexibility index (Phi) is 2.90. The summed E-state index contributed by atoms with van der Waals surface area (Å²) >= 11 is 0. The van der Waals surface area contributed by atoms with Gasteiger partial charge in [-0.05, 0) is 6.07 Å². The fourth-order valence-corrected chi connectivity index (χ4v) is 1.44. The zero-order chi connectivity index (χ0) is 9.80. The molecule has 0 aliphatic carbocycles. The molecule has 0 radical (unpaired) electrons. The lowest BCUT2D eigenvalue weighted by Gasteiger charge is -2.25. The number of hydrogen-bond acceptors (Lipinski definition) is 4. The molecule has 0 aromatic carbocycles. The van der Waals surface area contributed by atoms with E-state index in [2.05, 4.69) is 10.00 Å². The molecule has 0 amide bonds. The Morgan fingerprint density at radius 3 is 2.86 bits per heavy atom. The molecule has 14 heavy (non-hydrogen) atoms. The van der Waals surface area contributed by atoms with Gasteiger partial charge in [0.1, 0.15) is 0 Å². The van der Waals surface area contributed by atoms with E-state index in [1.165, 1.54) is 4.68 Å². The molecule has 2 heterocycles. The molecule has 1 fully saturated rings. The second-order valence-corrected chi connectivity index (χ2v) is 3.23. The van der Waals surface area contributed by atoms with Gasteiger partial charge in [0, 0.05) is 25.5 Å². The zero-order valence-electron chi connectivity index (χ0n) is 7.93. The molecule has 2 rings (SSSR count). The van der Waals surface area contributed by atoms with Gasteiger partial charge in [-0.15, -0.1) is 0 Å². The molecule has 1 aromatic heterocycles. The fourth-order valence-electron chi connectivity index (χ4n) is 1.44. The van der Waals surface area contributed by atoms with E-state index in [0.29, 0.717) is 19.8 Å². The van der Waals surface area contributed by atoms with E-state index in [1.807, 2.05) is 0 Å². The Hall–Kier alpha value is -1.20. The molecule has 5 nitrogen and oxygen atoms in total. The van der Waals surface area contributed by atoms with Crippen LogP contribution < -0.4 is 0 Å². The maximum Gasteiger partial charge on any atom is 0.260 e. The Morgan fingerprint density at radius 1 is 1.43 bits per heavy atom. The van der Waals surface area contributed by atoms with E-state index in [9.17, 15) is 4.79 Å². The number of aromatic nitrogens is 2. The average Bonchev–Trinajstić information content (AvgIpc) is 2.72. The van der Waals surface area contributed by atoms with Gasteiger partial charge in [-0.25, -0.2) is 4.68 Å². The Balaban J connectivity index is 1.87. The van der Waals surface area contributed by atoms with Crippen molar-refractivity contribution in [1.29, 1.82) is 0 Å². The molecule has 0 bridgehead atoms. The highest BCUT2D eigenvalue weighted by atomic mass is 16.5. The lowest BCUT2D eigenvalue weighted by molar-refractivity contribution is 0.0344. The van der Waals surface area contributed by atoms with Crippen molar-refractivity contribution in [2.24, 2.45) is 0 Å². The van der Waals surface area contributed by atoms with Crippen LogP contribution >= 0.6 is 0 Å². The van der Waals surface area contributed by atoms with Crippen LogP contribution in [0.1, 0.15) is 4.79 Å². The van der Waals surface area contributed by atoms with E-state index in [1.54, 1.807) is 18.5 Å². The molecule has 5 heteroatoms. The van der Waals surface area contributed by atoms with Crippen LogP contribution in [-0.2, 0) is 4.74 Å². The first-order valence-electron chi connectivity index (χ1n) is 4.69. The number of ether oxygens (including phenoxy) is 1. The fraction of sp³-hybridized carbons (Fsp3) is 0.556. The van der Waals surface area contributed by atoms with Gasteiger partial charge in [-0.1, -0.05) is 0 Å². The van der Waals surface area contributed by atoms with Crippen LogP contribution in [0.2, 0.25) is 0 Å². The number of morpholine rings is 1. The Bertz CT molecular complexity index is 291. The molecule has 0 unspecified atom stereocenters. The summed E-state index contributed by atoms with van der Waals surface area (Å²) in [5.74, 6) is 0.0110. The predicted octanol–water partition coefficient (Wildman–Crippen LogP) is -0.145. The number of nitrogens with zero attached hydrogens (tertiary/aromatic N) is 3. The standard InChI is InChI=1S/C9H13N3O2/c13-9(12-3-1-2-10-12)8-11-4-6-14-7-5-11/h1-3H,4-8H2. The first-order valence-corrected chi connectivity index (χ1v) is 4.69. The van der Waals surface area contributed by atoms with Gasteiger partial charge in [0.05, 0.1) is 19.8 Å². The smallest absolute Gasteiger partial charge is 0.260 e. The summed E-state index contributed by atoms with van der Waals surface area (Å²) in [6.45, 7) is 3.50. The summed E-state index contributed by atoms with van der Waals surface area (Å²) in [6, 6.07) is 1.75. The molecule has 76 valence electrons. The number of hydrogen-bond donors (Lipinski definition) is 0. The first-order chi connectivity index (χ1) is 6.86. The van der Waals surface area contributed by atoms with Crippen molar-refractivity contribution in [3.8, 4) is 0 Å². The number of rotatable bonds is 2. The summed E-state index contributed by atoms with van der Waals surface area (Å²) in [5, 5.41) is 3.89. The highest BCUT2D eigenvalue weighted by molar-refractivity contribution is 5.79. The van der Waals surface area contributed by atoms with Crippen molar-refractivity contribution in [3.63, 3.8) is 0 Å². The van der Waals surface area contributed by atoms with Crippen LogP contribution in [0, 0.1) is 0 Å². The molecule has 1 aliphatic heterocycles. The molecule has 0 N–H and O–H groups in total. The summed E-state index contributed by atoms with van der Waals surface area (Å²) < 4.78 is 6.57. The number of carbonyl (C=O) groups excluding carboxylic acids is 1. The molecule has 1 aliphatic rings. The average molecular weight is 195 g/mol. The van der Waals surface area contributed by atoms with Crippen molar-refractivity contribution >= 4 is 5.91 Å². The molecule has 0 spiro atoms. The normalized spacial score (nSPS) is 18.3. The van der Waals surface area contributed by atoms with Crippen LogP contribution in [0.3, 0.4) is 0 Å². The van der Waals surface area contributed by atoms with E-state index < -0.39 is 0 Å². The minimum atomic E-state index is 0.0110. The maximum atomic E-state index is 11.6. The van der Waals surface area contributed by atoms with Crippen molar-refractivity contribution in [3.05, 3.63) is 18.5 Å². The second kappa shape index (κ2) is 4.34. The lowest BCUT2D eigenvalue weighted by Crippen LogP contribution is -2.40. The van der Waals surface area contributed by atoms with Crippen LogP contribution in [0.25, 0.3) is 0 Å². The molecular weight excluding hydrogens is 182 g/mol. The topological polar surface area (TPSA) is 47.4 Å². The monoisotopic (exact) mass is 195 g/mol. The van der Waals surface area contributed by atoms with Crippen LogP contribution in [0.5, 0.6) is 0 Å². The van der Waals surface area contributed by atoms with Crippen molar-refractivity contribution < 1.29 is 9.53 Å². The van der Waals surface area contributed by atoms with Gasteiger partial charge in [0.25, 0.3) is 5.91 Å². The largest absolute Gasteiger partial charge is 0.379 e. The van der Waals surface area contributed by atoms with Crippen molar-refractivity contribution in [1.82, 2.24) is 14.7 Å². The molecule has 1 aromatic rings. The number of carbonyl (C=O) groups is 1. The third-order valence-corrected chi connectivity index (χ3v) is 2.22. The molecular formula is C9H13N3O2. The second-order valence-electron chi connectivity index (χ2n) is 3.23. The van der Waals surface area contributed by atoms with E-state index in [0.717, 1.165) is 13.1 Å². The predicted molar refractivity (Wildman–Crippen MR) is 50.1 cm³/mol. The van der Waals surface area contributed by atoms with E-state index in [4.69, 9.17) is 4.74 Å². The van der Waals surface area contributed by atoms with Gasteiger partial charge in [0.2, 0.25) is 0 Å². The Labute approximate surface area is 82.3 Å². The molecule has 0 atom stereocenters. The quantitative estimate of drug-likeness (QED) is 0.658. The van der Waals surface area contributed by atoms with E-state index >= 15 is 0 Å². The third kappa shape index (κ3) is 2.18. The highest BCUT2D eigenvalue weighted by Gasteiger charge is 2.14. The van der Waals surface area contributed by atoms with Gasteiger partial charge >= 0.3 is 0 Å². The first kappa shape index (κ1) is 9.36. The minimum Gasteiger partial charge on any atom is -0.379 e. The summed E-state index contributed by atoms with van der Waals surface area (Å²) in [5.41, 5.74) is 0. The Morgan fingerprint density at radius 2 is 2.21 bits per heavy atom. The van der Waals surface area contributed by atoms with Crippen LogP contribution in [-0.4, -0.2) is 53.4 Å². The highest BCUT2D eigenvalue weighted by Crippen LogP contribution is 1.97. The van der Waals surface area contributed by atoms with Crippen molar-refractivity contribution in [2.45, 2.75) is 0 Å². The van der Waals surface area contributed by atoms with Crippen LogP contribution in [0.15, 0.2) is 18.5 Å². The lowest BCUT2D eigenvalue weighted by atomic mass is 10.4. The summed E-state index contributed by atoms with van der Waals surface area (Å²) in [4.78, 5) is 13.7. The van der Waals surface area contributed by atoms with Crippen LogP contribution in [0.4, 0.5) is 0 Å². The zero-order valence-corrected chi connectivity index (χ0v) is 7.93. The molecule has 1 saturated heterocycles. The van der Waals surface area contributed by atoms with Gasteiger partial charge in [-0.3, -0.25) is 9.69 Å². The minimum absolute atomic E-state index is 0.0110. The van der Waals surface area contributed by atoms with Gasteiger partial charge in [-0.2, -0.15) is 5.10 Å². The SMILES string of the molecule is O=C(CN1CCOCC1)n1cccn1. The summed E-state index contributed by atoms with van der Waals surface area (Å²) in [7, 11) is 0. The molecule has 0 saturated carbocycles. The van der Waals surface area contributed by atoms with Gasteiger partial charge < -0.3 is 4.74 Å². The van der Waals surface area contributed by atoms with E-state index in [-0.39, 0.29) is 5.91 Å².